The van der Waals surface area contributed by atoms with Gasteiger partial charge in [0.15, 0.2) is 0 Å². The number of rotatable bonds is 6. The zero-order chi connectivity index (χ0) is 13.8. The Morgan fingerprint density at radius 2 is 1.67 bits per heavy atom. The molecule has 0 spiro atoms. The Morgan fingerprint density at radius 3 is 2.11 bits per heavy atom. The Bertz CT molecular complexity index is 338. The molecule has 0 aromatic heterocycles. The maximum atomic E-state index is 12.1. The second-order valence-electron chi connectivity index (χ2n) is 5.63. The summed E-state index contributed by atoms with van der Waals surface area (Å²) < 4.78 is 25.9. The summed E-state index contributed by atoms with van der Waals surface area (Å²) in [5.74, 6) is 1.21. The van der Waals surface area contributed by atoms with Gasteiger partial charge < -0.3 is 4.90 Å². The Kier molecular flexibility index (Phi) is 6.38. The van der Waals surface area contributed by atoms with Crippen molar-refractivity contribution in [1.29, 1.82) is 0 Å². The van der Waals surface area contributed by atoms with E-state index < -0.39 is 10.0 Å². The SMILES string of the molecule is CC(C)CN1CCN(S(=O)(=O)CC(C)CCl)CC1. The lowest BCUT2D eigenvalue weighted by Crippen LogP contribution is -2.50. The fraction of sp³-hybridized carbons (Fsp3) is 1.00. The van der Waals surface area contributed by atoms with Gasteiger partial charge in [-0.25, -0.2) is 8.42 Å². The first-order valence-corrected chi connectivity index (χ1v) is 8.75. The summed E-state index contributed by atoms with van der Waals surface area (Å²) in [5.41, 5.74) is 0. The average Bonchev–Trinajstić information content (AvgIpc) is 2.28. The third kappa shape index (κ3) is 5.03. The lowest BCUT2D eigenvalue weighted by molar-refractivity contribution is 0.172. The van der Waals surface area contributed by atoms with Crippen molar-refractivity contribution < 1.29 is 8.42 Å². The molecule has 0 N–H and O–H groups in total. The van der Waals surface area contributed by atoms with Gasteiger partial charge in [0.05, 0.1) is 5.75 Å². The molecule has 1 fully saturated rings. The van der Waals surface area contributed by atoms with Gasteiger partial charge in [0.2, 0.25) is 10.0 Å². The van der Waals surface area contributed by atoms with Gasteiger partial charge in [-0.3, -0.25) is 0 Å². The maximum Gasteiger partial charge on any atom is 0.214 e. The first kappa shape index (κ1) is 16.2. The van der Waals surface area contributed by atoms with Gasteiger partial charge in [0.25, 0.3) is 0 Å². The Labute approximate surface area is 116 Å². The topological polar surface area (TPSA) is 40.6 Å². The van der Waals surface area contributed by atoms with Crippen LogP contribution in [0.15, 0.2) is 0 Å². The molecular formula is C12H25ClN2O2S. The molecule has 1 unspecified atom stereocenters. The Hall–Kier alpha value is 0.160. The van der Waals surface area contributed by atoms with E-state index in [0.717, 1.165) is 19.6 Å². The quantitative estimate of drug-likeness (QED) is 0.697. The molecule has 6 heteroatoms. The van der Waals surface area contributed by atoms with Crippen LogP contribution in [0.25, 0.3) is 0 Å². The fourth-order valence-corrected chi connectivity index (χ4v) is 4.22. The second-order valence-corrected chi connectivity index (χ2v) is 7.95. The fourth-order valence-electron chi connectivity index (χ4n) is 2.22. The Balaban J connectivity index is 2.47. The predicted molar refractivity (Wildman–Crippen MR) is 76.5 cm³/mol. The molecule has 0 radical (unpaired) electrons. The van der Waals surface area contributed by atoms with E-state index in [2.05, 4.69) is 18.7 Å². The molecule has 1 rings (SSSR count). The van der Waals surface area contributed by atoms with Crippen molar-refractivity contribution in [3.05, 3.63) is 0 Å². The van der Waals surface area contributed by atoms with Crippen molar-refractivity contribution >= 4 is 21.6 Å². The normalized spacial score (nSPS) is 21.4. The lowest BCUT2D eigenvalue weighted by Gasteiger charge is -2.35. The van der Waals surface area contributed by atoms with Gasteiger partial charge in [0, 0.05) is 38.6 Å². The number of hydrogen-bond acceptors (Lipinski definition) is 3. The molecule has 1 heterocycles. The van der Waals surface area contributed by atoms with Crippen molar-refractivity contribution in [1.82, 2.24) is 9.21 Å². The van der Waals surface area contributed by atoms with E-state index in [1.807, 2.05) is 6.92 Å². The lowest BCUT2D eigenvalue weighted by atomic mass is 10.2. The minimum Gasteiger partial charge on any atom is -0.300 e. The largest absolute Gasteiger partial charge is 0.300 e. The molecule has 4 nitrogen and oxygen atoms in total. The predicted octanol–water partition coefficient (Wildman–Crippen LogP) is 1.46. The van der Waals surface area contributed by atoms with E-state index in [0.29, 0.717) is 24.9 Å². The molecule has 108 valence electrons. The average molecular weight is 297 g/mol. The summed E-state index contributed by atoms with van der Waals surface area (Å²) in [7, 11) is -3.12. The number of piperazine rings is 1. The van der Waals surface area contributed by atoms with Crippen LogP contribution in [0.2, 0.25) is 0 Å². The monoisotopic (exact) mass is 296 g/mol. The molecule has 1 saturated heterocycles. The molecule has 1 aliphatic heterocycles. The molecule has 1 aliphatic rings. The van der Waals surface area contributed by atoms with Crippen LogP contribution in [0.3, 0.4) is 0 Å². The molecule has 18 heavy (non-hydrogen) atoms. The molecule has 0 amide bonds. The third-order valence-corrected chi connectivity index (χ3v) is 5.78. The van der Waals surface area contributed by atoms with Crippen LogP contribution in [-0.4, -0.2) is 62.0 Å². The highest BCUT2D eigenvalue weighted by atomic mass is 35.5. The van der Waals surface area contributed by atoms with Gasteiger partial charge in [-0.2, -0.15) is 4.31 Å². The molecule has 0 aliphatic carbocycles. The van der Waals surface area contributed by atoms with Crippen LogP contribution in [0.5, 0.6) is 0 Å². The number of hydrogen-bond donors (Lipinski definition) is 0. The second kappa shape index (κ2) is 7.08. The van der Waals surface area contributed by atoms with Crippen molar-refractivity contribution in [2.45, 2.75) is 20.8 Å². The Morgan fingerprint density at radius 1 is 1.11 bits per heavy atom. The van der Waals surface area contributed by atoms with E-state index in [9.17, 15) is 8.42 Å². The van der Waals surface area contributed by atoms with E-state index in [1.54, 1.807) is 4.31 Å². The van der Waals surface area contributed by atoms with Crippen LogP contribution in [-0.2, 0) is 10.0 Å². The number of alkyl halides is 1. The summed E-state index contributed by atoms with van der Waals surface area (Å²) in [4.78, 5) is 2.33. The maximum absolute atomic E-state index is 12.1. The van der Waals surface area contributed by atoms with Crippen LogP contribution in [0.1, 0.15) is 20.8 Å². The van der Waals surface area contributed by atoms with Crippen molar-refractivity contribution in [3.8, 4) is 0 Å². The molecule has 0 aromatic rings. The summed E-state index contributed by atoms with van der Waals surface area (Å²) in [5, 5.41) is 0. The summed E-state index contributed by atoms with van der Waals surface area (Å²) >= 11 is 5.69. The van der Waals surface area contributed by atoms with Crippen molar-refractivity contribution in [3.63, 3.8) is 0 Å². The van der Waals surface area contributed by atoms with Crippen LogP contribution >= 0.6 is 11.6 Å². The summed E-state index contributed by atoms with van der Waals surface area (Å²) in [6, 6.07) is 0. The van der Waals surface area contributed by atoms with Crippen molar-refractivity contribution in [2.24, 2.45) is 11.8 Å². The van der Waals surface area contributed by atoms with Gasteiger partial charge >= 0.3 is 0 Å². The van der Waals surface area contributed by atoms with E-state index in [4.69, 9.17) is 11.6 Å². The zero-order valence-electron chi connectivity index (χ0n) is 11.6. The molecule has 1 atom stereocenters. The zero-order valence-corrected chi connectivity index (χ0v) is 13.2. The first-order valence-electron chi connectivity index (χ1n) is 6.61. The number of halogens is 1. The van der Waals surface area contributed by atoms with E-state index in [1.165, 1.54) is 0 Å². The number of nitrogens with zero attached hydrogens (tertiary/aromatic N) is 2. The first-order chi connectivity index (χ1) is 8.35. The van der Waals surface area contributed by atoms with Crippen LogP contribution in [0.4, 0.5) is 0 Å². The van der Waals surface area contributed by atoms with Gasteiger partial charge in [-0.05, 0) is 11.8 Å². The summed E-state index contributed by atoms with van der Waals surface area (Å²) in [6.45, 7) is 10.2. The summed E-state index contributed by atoms with van der Waals surface area (Å²) in [6.07, 6.45) is 0. The van der Waals surface area contributed by atoms with Crippen LogP contribution < -0.4 is 0 Å². The highest BCUT2D eigenvalue weighted by molar-refractivity contribution is 7.89. The molecule has 0 aromatic carbocycles. The van der Waals surface area contributed by atoms with E-state index >= 15 is 0 Å². The standard InChI is InChI=1S/C12H25ClN2O2S/c1-11(2)9-14-4-6-15(7-5-14)18(16,17)10-12(3)8-13/h11-12H,4-10H2,1-3H3. The minimum atomic E-state index is -3.12. The molecule has 0 saturated carbocycles. The highest BCUT2D eigenvalue weighted by Gasteiger charge is 2.28. The molecular weight excluding hydrogens is 272 g/mol. The van der Waals surface area contributed by atoms with Gasteiger partial charge in [-0.15, -0.1) is 11.6 Å². The highest BCUT2D eigenvalue weighted by Crippen LogP contribution is 2.13. The number of sulfonamides is 1. The third-order valence-electron chi connectivity index (χ3n) is 3.11. The van der Waals surface area contributed by atoms with Gasteiger partial charge in [-0.1, -0.05) is 20.8 Å². The van der Waals surface area contributed by atoms with Gasteiger partial charge in [0.1, 0.15) is 0 Å². The minimum absolute atomic E-state index is 0.0189. The molecule has 0 bridgehead atoms. The van der Waals surface area contributed by atoms with Crippen molar-refractivity contribution in [2.75, 3.05) is 44.4 Å². The van der Waals surface area contributed by atoms with Crippen LogP contribution in [0, 0.1) is 11.8 Å². The smallest absolute Gasteiger partial charge is 0.214 e. The van der Waals surface area contributed by atoms with E-state index in [-0.39, 0.29) is 11.7 Å².